The Morgan fingerprint density at radius 2 is 1.58 bits per heavy atom. The van der Waals surface area contributed by atoms with Crippen molar-refractivity contribution in [3.8, 4) is 0 Å². The Labute approximate surface area is 379 Å². The van der Waals surface area contributed by atoms with Crippen molar-refractivity contribution in [1.29, 1.82) is 0 Å². The Bertz CT molecular complexity index is 1790. The first-order chi connectivity index (χ1) is 30.3. The topological polar surface area (TPSA) is 195 Å². The highest BCUT2D eigenvalue weighted by molar-refractivity contribution is 6.39. The molecular weight excluding hydrogens is 823 g/mol. The van der Waals surface area contributed by atoms with Crippen LogP contribution in [0.25, 0.3) is 0 Å². The van der Waals surface area contributed by atoms with Crippen molar-refractivity contribution >= 4 is 29.2 Å². The molecule has 3 unspecified atom stereocenters. The first kappa shape index (κ1) is 51.6. The van der Waals surface area contributed by atoms with E-state index in [1.807, 2.05) is 51.2 Å². The van der Waals surface area contributed by atoms with Gasteiger partial charge in [0.15, 0.2) is 5.78 Å². The summed E-state index contributed by atoms with van der Waals surface area (Å²) in [6, 6.07) is -1.12. The molecule has 0 aromatic rings. The maximum absolute atomic E-state index is 14.4. The van der Waals surface area contributed by atoms with Crippen LogP contribution in [0.2, 0.25) is 0 Å². The summed E-state index contributed by atoms with van der Waals surface area (Å²) in [6.45, 7) is 10.9. The zero-order valence-corrected chi connectivity index (χ0v) is 39.5. The van der Waals surface area contributed by atoms with E-state index in [9.17, 15) is 39.3 Å². The van der Waals surface area contributed by atoms with Gasteiger partial charge in [0.1, 0.15) is 30.1 Å². The summed E-state index contributed by atoms with van der Waals surface area (Å²) in [4.78, 5) is 72.0. The summed E-state index contributed by atoms with van der Waals surface area (Å²) in [5.74, 6) is -8.43. The lowest BCUT2D eigenvalue weighted by atomic mass is 9.68. The van der Waals surface area contributed by atoms with Crippen LogP contribution in [-0.4, -0.2) is 132 Å². The van der Waals surface area contributed by atoms with Crippen molar-refractivity contribution in [1.82, 2.24) is 4.90 Å². The van der Waals surface area contributed by atoms with Crippen LogP contribution in [0.1, 0.15) is 112 Å². The van der Waals surface area contributed by atoms with Gasteiger partial charge in [0.25, 0.3) is 11.7 Å². The molecular formula is C50H75NO13. The number of nitrogens with zero attached hydrogens (tertiary/aromatic N) is 1. The lowest BCUT2D eigenvalue weighted by Gasteiger charge is -2.50. The summed E-state index contributed by atoms with van der Waals surface area (Å²) in [5, 5.41) is 34.1. The number of amides is 1. The third-order valence-electron chi connectivity index (χ3n) is 14.9. The van der Waals surface area contributed by atoms with Crippen LogP contribution >= 0.6 is 0 Å². The van der Waals surface area contributed by atoms with Gasteiger partial charge in [-0.2, -0.15) is 0 Å². The second-order valence-electron chi connectivity index (χ2n) is 19.5. The molecule has 0 aromatic carbocycles. The molecule has 0 spiro atoms. The molecule has 1 amide bonds. The van der Waals surface area contributed by atoms with Gasteiger partial charge in [-0.05, 0) is 101 Å². The number of carbonyl (C=O) groups is 5. The highest BCUT2D eigenvalue weighted by Crippen LogP contribution is 2.45. The number of piperidine rings is 1. The maximum atomic E-state index is 14.4. The fourth-order valence-electron chi connectivity index (χ4n) is 10.9. The van der Waals surface area contributed by atoms with Crippen molar-refractivity contribution in [3.63, 3.8) is 0 Å². The van der Waals surface area contributed by atoms with E-state index in [1.165, 1.54) is 12.0 Å². The Kier molecular flexibility index (Phi) is 18.5. The van der Waals surface area contributed by atoms with E-state index in [-0.39, 0.29) is 42.5 Å². The van der Waals surface area contributed by atoms with Crippen LogP contribution in [0, 0.1) is 41.4 Å². The predicted molar refractivity (Wildman–Crippen MR) is 238 cm³/mol. The van der Waals surface area contributed by atoms with Crippen LogP contribution in [-0.2, 0) is 47.7 Å². The molecule has 16 atom stereocenters. The van der Waals surface area contributed by atoms with Crippen molar-refractivity contribution in [2.45, 2.75) is 167 Å². The smallest absolute Gasteiger partial charge is 0.329 e. The Morgan fingerprint density at radius 1 is 0.844 bits per heavy atom. The highest BCUT2D eigenvalue weighted by atomic mass is 16.6. The molecule has 14 heteroatoms. The van der Waals surface area contributed by atoms with E-state index in [0.29, 0.717) is 69.8 Å². The molecule has 4 heterocycles. The zero-order valence-electron chi connectivity index (χ0n) is 39.5. The van der Waals surface area contributed by atoms with Crippen LogP contribution in [0.5, 0.6) is 0 Å². The monoisotopic (exact) mass is 898 g/mol. The van der Waals surface area contributed by atoms with Gasteiger partial charge in [-0.1, -0.05) is 64.2 Å². The number of ether oxygens (including phenoxy) is 5. The summed E-state index contributed by atoms with van der Waals surface area (Å²) < 4.78 is 29.4. The molecule has 1 aliphatic carbocycles. The fourth-order valence-corrected chi connectivity index (χ4v) is 10.9. The lowest BCUT2D eigenvalue weighted by Crippen LogP contribution is -2.65. The summed E-state index contributed by atoms with van der Waals surface area (Å²) in [5.41, 5.74) is 1.28. The number of fused-ring (bicyclic) bond motifs is 4. The van der Waals surface area contributed by atoms with Gasteiger partial charge in [-0.15, -0.1) is 0 Å². The van der Waals surface area contributed by atoms with Gasteiger partial charge in [-0.3, -0.25) is 19.2 Å². The minimum Gasteiger partial charge on any atom is -0.460 e. The molecule has 0 aromatic heterocycles. The normalized spacial score (nSPS) is 42.3. The number of allylic oxidation sites excluding steroid dienone is 6. The number of esters is 1. The van der Waals surface area contributed by atoms with E-state index in [2.05, 4.69) is 0 Å². The van der Waals surface area contributed by atoms with Crippen LogP contribution in [0.3, 0.4) is 0 Å². The molecule has 3 N–H and O–H groups in total. The first-order valence-corrected chi connectivity index (χ1v) is 23.5. The highest BCUT2D eigenvalue weighted by Gasteiger charge is 2.57. The second-order valence-corrected chi connectivity index (χ2v) is 19.5. The molecule has 5 rings (SSSR count). The van der Waals surface area contributed by atoms with E-state index in [0.717, 1.165) is 5.57 Å². The van der Waals surface area contributed by atoms with Gasteiger partial charge >= 0.3 is 5.97 Å². The molecule has 5 aliphatic rings. The summed E-state index contributed by atoms with van der Waals surface area (Å²) in [7, 11) is 4.52. The second kappa shape index (κ2) is 22.9. The standard InChI is InChI=1S/C50H75NO13/c1-28-14-11-10-12-15-29(2)40(60-7)26-35-19-17-33(6)50(59,64-35)47(56)48(57)51-21-13-16-36-37(24-34-18-20-38(52)42(25-34)61-8)41(63-49(58)43(36)51)27-39(53)30(3)23-32(5)45(55)46(62-9)44(54)31(4)22-28/h10-12,14-15,23,28,30-31,33-38,40-43,45-46,52,55,59H,13,16-22,24-27H2,1-9H3/b12-10+,14-11+,29-15?,32-23+/t28-,30?,31-,33-,34+,35+,36-,37?,38?,40+,41+,42-,43+,45-,46+,50-/m1/s1. The number of methoxy groups -OCH3 is 3. The number of hydrogen-bond donors (Lipinski definition) is 3. The fraction of sp³-hybridized carbons (Fsp3) is 0.740. The molecule has 3 saturated heterocycles. The number of Topliss-reactive ketones (excluding diaryl/α,β-unsaturated/α-hetero) is 3. The molecule has 1 saturated carbocycles. The number of hydrogen-bond acceptors (Lipinski definition) is 13. The average molecular weight is 898 g/mol. The molecule has 4 fully saturated rings. The third-order valence-corrected chi connectivity index (χ3v) is 14.9. The molecule has 0 radical (unpaired) electrons. The molecule has 4 aliphatic heterocycles. The van der Waals surface area contributed by atoms with Gasteiger partial charge in [-0.25, -0.2) is 4.79 Å². The van der Waals surface area contributed by atoms with Gasteiger partial charge < -0.3 is 43.9 Å². The molecule has 14 nitrogen and oxygen atoms in total. The quantitative estimate of drug-likeness (QED) is 0.181. The van der Waals surface area contributed by atoms with Crippen molar-refractivity contribution in [3.05, 3.63) is 47.6 Å². The largest absolute Gasteiger partial charge is 0.460 e. The maximum Gasteiger partial charge on any atom is 0.329 e. The number of ketones is 3. The number of aliphatic hydroxyl groups is 3. The van der Waals surface area contributed by atoms with E-state index >= 15 is 0 Å². The van der Waals surface area contributed by atoms with Crippen LogP contribution < -0.4 is 0 Å². The predicted octanol–water partition coefficient (Wildman–Crippen LogP) is 5.40. The SMILES string of the molecule is CO[C@H]1C[C@@H]2CC[C@@H](C)[C@@](O)(O2)C(=O)C(=O)N2CCC[C@@H]3C(C[C@@H]4CCC(O)[C@H](OC)C4)[C@H](CC(=O)C(C)/C=C(\C)[C@@H](O)[C@@H](OC)C(=O)[C@H](C)C[C@H](C)/C=C/C=C/C=C1C)OC(=O)[C@H]32. The number of aliphatic hydroxyl groups excluding tert-OH is 2. The Hall–Kier alpha value is -3.37. The van der Waals surface area contributed by atoms with E-state index < -0.39 is 95.7 Å². The van der Waals surface area contributed by atoms with Crippen molar-refractivity contribution in [2.75, 3.05) is 27.9 Å². The zero-order chi connectivity index (χ0) is 47.0. The van der Waals surface area contributed by atoms with Crippen LogP contribution in [0.15, 0.2) is 47.6 Å². The van der Waals surface area contributed by atoms with Crippen LogP contribution in [0.4, 0.5) is 0 Å². The molecule has 4 bridgehead atoms. The Balaban J connectivity index is 1.51. The van der Waals surface area contributed by atoms with Crippen molar-refractivity contribution < 1.29 is 63.0 Å². The van der Waals surface area contributed by atoms with Gasteiger partial charge in [0, 0.05) is 64.4 Å². The summed E-state index contributed by atoms with van der Waals surface area (Å²) >= 11 is 0. The summed E-state index contributed by atoms with van der Waals surface area (Å²) in [6.07, 6.45) is 10.8. The Morgan fingerprint density at radius 3 is 2.27 bits per heavy atom. The minimum atomic E-state index is -2.43. The first-order valence-electron chi connectivity index (χ1n) is 23.5. The molecule has 64 heavy (non-hydrogen) atoms. The van der Waals surface area contributed by atoms with E-state index in [4.69, 9.17) is 23.7 Å². The average Bonchev–Trinajstić information content (AvgIpc) is 3.27. The number of carbonyl (C=O) groups excluding carboxylic acids is 5. The number of rotatable bonds is 5. The third kappa shape index (κ3) is 12.0. The lowest BCUT2D eigenvalue weighted by molar-refractivity contribution is -0.266. The minimum absolute atomic E-state index is 0.0231. The molecule has 358 valence electrons. The van der Waals surface area contributed by atoms with Crippen molar-refractivity contribution in [2.24, 2.45) is 41.4 Å². The van der Waals surface area contributed by atoms with Gasteiger partial charge in [0.2, 0.25) is 5.79 Å². The van der Waals surface area contributed by atoms with Gasteiger partial charge in [0.05, 0.1) is 24.4 Å². The van der Waals surface area contributed by atoms with E-state index in [1.54, 1.807) is 41.1 Å².